The van der Waals surface area contributed by atoms with Gasteiger partial charge in [0.05, 0.1) is 6.61 Å². The predicted octanol–water partition coefficient (Wildman–Crippen LogP) is 5.88. The molecule has 0 radical (unpaired) electrons. The van der Waals surface area contributed by atoms with Crippen LogP contribution in [-0.4, -0.2) is 18.7 Å². The summed E-state index contributed by atoms with van der Waals surface area (Å²) < 4.78 is 11.0. The fraction of sp³-hybridized carbons (Fsp3) is 0.318. The van der Waals surface area contributed by atoms with E-state index in [2.05, 4.69) is 49.7 Å². The zero-order chi connectivity index (χ0) is 18.8. The molecule has 0 bridgehead atoms. The quantitative estimate of drug-likeness (QED) is 0.366. The summed E-state index contributed by atoms with van der Waals surface area (Å²) in [5, 5.41) is 2.08. The molecule has 1 aromatic heterocycles. The molecule has 0 aliphatic rings. The first-order valence-corrected chi connectivity index (χ1v) is 9.71. The highest BCUT2D eigenvalue weighted by Gasteiger charge is 2.11. The van der Waals surface area contributed by atoms with Crippen LogP contribution in [0.1, 0.15) is 26.2 Å². The monoisotopic (exact) mass is 370 g/mol. The summed E-state index contributed by atoms with van der Waals surface area (Å²) in [6.07, 6.45) is 4.79. The van der Waals surface area contributed by atoms with Crippen molar-refractivity contribution in [1.82, 2.24) is 0 Å². The molecule has 2 aromatic rings. The zero-order valence-corrected chi connectivity index (χ0v) is 16.0. The maximum absolute atomic E-state index is 11.8. The number of rotatable bonds is 11. The molecule has 0 amide bonds. The van der Waals surface area contributed by atoms with Crippen LogP contribution in [0.25, 0.3) is 10.4 Å². The Morgan fingerprint density at radius 1 is 1.15 bits per heavy atom. The average molecular weight is 371 g/mol. The van der Waals surface area contributed by atoms with Gasteiger partial charge in [-0.25, -0.2) is 0 Å². The number of esters is 1. The van der Waals surface area contributed by atoms with E-state index in [1.54, 1.807) is 23.5 Å². The van der Waals surface area contributed by atoms with Gasteiger partial charge in [-0.05, 0) is 72.2 Å². The van der Waals surface area contributed by atoms with Crippen molar-refractivity contribution in [2.75, 3.05) is 6.61 Å². The number of benzene rings is 1. The molecule has 0 unspecified atom stereocenters. The summed E-state index contributed by atoms with van der Waals surface area (Å²) in [7, 11) is 0. The van der Waals surface area contributed by atoms with E-state index in [9.17, 15) is 4.79 Å². The van der Waals surface area contributed by atoms with Gasteiger partial charge in [0, 0.05) is 11.3 Å². The van der Waals surface area contributed by atoms with E-state index < -0.39 is 6.10 Å². The van der Waals surface area contributed by atoms with Crippen molar-refractivity contribution in [3.63, 3.8) is 0 Å². The minimum absolute atomic E-state index is 0.216. The summed E-state index contributed by atoms with van der Waals surface area (Å²) >= 11 is 1.73. The fourth-order valence-corrected chi connectivity index (χ4v) is 3.18. The average Bonchev–Trinajstić information content (AvgIpc) is 3.19. The lowest BCUT2D eigenvalue weighted by Crippen LogP contribution is -2.14. The first-order valence-electron chi connectivity index (χ1n) is 8.83. The van der Waals surface area contributed by atoms with E-state index in [1.807, 2.05) is 12.1 Å². The zero-order valence-electron chi connectivity index (χ0n) is 15.2. The standard InChI is InChI=1S/C22H26O3S/c1-4-19(5-2)25-22(23)13-8-17(3)14-15-24-20-11-9-18(10-12-20)21-7-6-16-26-21/h4-7,9-12,16-17,19H,1-2,8,13-15H2,3H3/t17-/m0/s1. The van der Waals surface area contributed by atoms with Gasteiger partial charge in [0.2, 0.25) is 0 Å². The van der Waals surface area contributed by atoms with Crippen molar-refractivity contribution >= 4 is 17.3 Å². The van der Waals surface area contributed by atoms with Gasteiger partial charge in [-0.15, -0.1) is 11.3 Å². The van der Waals surface area contributed by atoms with Gasteiger partial charge in [-0.1, -0.05) is 26.1 Å². The molecule has 0 spiro atoms. The van der Waals surface area contributed by atoms with Crippen molar-refractivity contribution in [3.05, 3.63) is 67.1 Å². The summed E-state index contributed by atoms with van der Waals surface area (Å²) in [5.41, 5.74) is 1.21. The van der Waals surface area contributed by atoms with E-state index >= 15 is 0 Å². The van der Waals surface area contributed by atoms with Crippen LogP contribution in [0.3, 0.4) is 0 Å². The SMILES string of the molecule is C=CC(C=C)OC(=O)CC[C@H](C)CCOc1ccc(-c2cccs2)cc1. The number of thiophene rings is 1. The van der Waals surface area contributed by atoms with Gasteiger partial charge in [-0.2, -0.15) is 0 Å². The summed E-state index contributed by atoms with van der Waals surface area (Å²) in [6.45, 7) is 9.97. The van der Waals surface area contributed by atoms with E-state index in [4.69, 9.17) is 9.47 Å². The predicted molar refractivity (Wildman–Crippen MR) is 109 cm³/mol. The molecule has 0 saturated heterocycles. The van der Waals surface area contributed by atoms with Crippen molar-refractivity contribution in [2.24, 2.45) is 5.92 Å². The van der Waals surface area contributed by atoms with E-state index in [0.29, 0.717) is 18.9 Å². The van der Waals surface area contributed by atoms with Gasteiger partial charge in [0.1, 0.15) is 11.9 Å². The minimum Gasteiger partial charge on any atom is -0.494 e. The van der Waals surface area contributed by atoms with Gasteiger partial charge in [0.15, 0.2) is 0 Å². The van der Waals surface area contributed by atoms with E-state index in [-0.39, 0.29) is 5.97 Å². The van der Waals surface area contributed by atoms with Crippen LogP contribution in [0.4, 0.5) is 0 Å². The molecule has 4 heteroatoms. The van der Waals surface area contributed by atoms with Gasteiger partial charge in [0.25, 0.3) is 0 Å². The van der Waals surface area contributed by atoms with Crippen LogP contribution in [0, 0.1) is 5.92 Å². The number of carbonyl (C=O) groups is 1. The lowest BCUT2D eigenvalue weighted by atomic mass is 10.0. The molecule has 1 atom stereocenters. The molecule has 26 heavy (non-hydrogen) atoms. The topological polar surface area (TPSA) is 35.5 Å². The second kappa shape index (κ2) is 10.6. The second-order valence-corrected chi connectivity index (χ2v) is 7.16. The van der Waals surface area contributed by atoms with E-state index in [1.165, 1.54) is 10.4 Å². The first-order chi connectivity index (χ1) is 12.6. The molecule has 1 heterocycles. The molecular weight excluding hydrogens is 344 g/mol. The van der Waals surface area contributed by atoms with Crippen LogP contribution in [0.5, 0.6) is 5.75 Å². The third kappa shape index (κ3) is 6.52. The smallest absolute Gasteiger partial charge is 0.306 e. The molecule has 3 nitrogen and oxygen atoms in total. The number of carbonyl (C=O) groups excluding carboxylic acids is 1. The number of ether oxygens (including phenoxy) is 2. The third-order valence-electron chi connectivity index (χ3n) is 4.11. The van der Waals surface area contributed by atoms with Crippen LogP contribution >= 0.6 is 11.3 Å². The molecular formula is C22H26O3S. The molecule has 138 valence electrons. The summed E-state index contributed by atoms with van der Waals surface area (Å²) in [4.78, 5) is 13.0. The fourth-order valence-electron chi connectivity index (χ4n) is 2.45. The Morgan fingerprint density at radius 2 is 1.88 bits per heavy atom. The Labute approximate surface area is 160 Å². The van der Waals surface area contributed by atoms with Crippen LogP contribution in [-0.2, 0) is 9.53 Å². The molecule has 0 fully saturated rings. The molecule has 2 rings (SSSR count). The number of hydrogen-bond acceptors (Lipinski definition) is 4. The van der Waals surface area contributed by atoms with Gasteiger partial charge in [-0.3, -0.25) is 4.79 Å². The highest BCUT2D eigenvalue weighted by atomic mass is 32.1. The normalized spacial score (nSPS) is 11.8. The lowest BCUT2D eigenvalue weighted by Gasteiger charge is -2.13. The van der Waals surface area contributed by atoms with Gasteiger partial charge < -0.3 is 9.47 Å². The molecule has 0 N–H and O–H groups in total. The second-order valence-electron chi connectivity index (χ2n) is 6.21. The van der Waals surface area contributed by atoms with Crippen LogP contribution in [0.15, 0.2) is 67.1 Å². The third-order valence-corrected chi connectivity index (χ3v) is 5.03. The lowest BCUT2D eigenvalue weighted by molar-refractivity contribution is -0.145. The molecule has 0 aliphatic carbocycles. The maximum atomic E-state index is 11.8. The first kappa shape index (κ1) is 20.0. The van der Waals surface area contributed by atoms with Crippen LogP contribution < -0.4 is 4.74 Å². The molecule has 0 aliphatic heterocycles. The van der Waals surface area contributed by atoms with Gasteiger partial charge >= 0.3 is 5.97 Å². The summed E-state index contributed by atoms with van der Waals surface area (Å²) in [5.74, 6) is 1.04. The Hall–Kier alpha value is -2.33. The van der Waals surface area contributed by atoms with Crippen molar-refractivity contribution in [1.29, 1.82) is 0 Å². The van der Waals surface area contributed by atoms with Crippen molar-refractivity contribution < 1.29 is 14.3 Å². The van der Waals surface area contributed by atoms with Crippen LogP contribution in [0.2, 0.25) is 0 Å². The number of hydrogen-bond donors (Lipinski definition) is 0. The maximum Gasteiger partial charge on any atom is 0.306 e. The minimum atomic E-state index is -0.404. The largest absolute Gasteiger partial charge is 0.494 e. The highest BCUT2D eigenvalue weighted by Crippen LogP contribution is 2.26. The Kier molecular flexibility index (Phi) is 8.16. The summed E-state index contributed by atoms with van der Waals surface area (Å²) in [6, 6.07) is 12.3. The van der Waals surface area contributed by atoms with Crippen molar-refractivity contribution in [3.8, 4) is 16.2 Å². The Morgan fingerprint density at radius 3 is 2.50 bits per heavy atom. The Bertz CT molecular complexity index is 681. The van der Waals surface area contributed by atoms with E-state index in [0.717, 1.165) is 18.6 Å². The highest BCUT2D eigenvalue weighted by molar-refractivity contribution is 7.13. The Balaban J connectivity index is 1.66. The molecule has 1 aromatic carbocycles. The molecule has 0 saturated carbocycles. The van der Waals surface area contributed by atoms with Crippen molar-refractivity contribution in [2.45, 2.75) is 32.3 Å².